The predicted molar refractivity (Wildman–Crippen MR) is 95.0 cm³/mol. The van der Waals surface area contributed by atoms with Crippen LogP contribution in [0.3, 0.4) is 0 Å². The van der Waals surface area contributed by atoms with Crippen molar-refractivity contribution in [2.45, 2.75) is 25.3 Å². The lowest BCUT2D eigenvalue weighted by atomic mass is 10.0. The van der Waals surface area contributed by atoms with Crippen molar-refractivity contribution in [3.8, 4) is 5.69 Å². The molecule has 1 aliphatic rings. The van der Waals surface area contributed by atoms with Crippen LogP contribution >= 0.6 is 0 Å². The van der Waals surface area contributed by atoms with Crippen LogP contribution in [-0.2, 0) is 10.0 Å². The van der Waals surface area contributed by atoms with Gasteiger partial charge in [0, 0.05) is 25.3 Å². The number of aromatic nitrogens is 2. The lowest BCUT2D eigenvalue weighted by molar-refractivity contribution is 0.0612. The van der Waals surface area contributed by atoms with Gasteiger partial charge < -0.3 is 4.90 Å². The van der Waals surface area contributed by atoms with E-state index in [9.17, 15) is 17.6 Å². The molecule has 0 spiro atoms. The number of carbonyl (C=O) groups excluding carboxylic acids is 1. The molecule has 2 aromatic rings. The average molecular weight is 380 g/mol. The van der Waals surface area contributed by atoms with Crippen molar-refractivity contribution in [3.05, 3.63) is 48.0 Å². The minimum atomic E-state index is -3.32. The average Bonchev–Trinajstić information content (AvgIpc) is 3.09. The predicted octanol–water partition coefficient (Wildman–Crippen LogP) is 1.56. The second kappa shape index (κ2) is 7.55. The molecule has 1 fully saturated rings. The minimum absolute atomic E-state index is 0.190. The smallest absolute Gasteiger partial charge is 0.274 e. The molecule has 0 saturated carbocycles. The van der Waals surface area contributed by atoms with Gasteiger partial charge in [-0.1, -0.05) is 6.07 Å². The normalized spacial score (nSPS) is 18.1. The number of carbonyl (C=O) groups is 1. The molecule has 140 valence electrons. The molecule has 2 heterocycles. The Labute approximate surface area is 151 Å². The maximum atomic E-state index is 13.4. The summed E-state index contributed by atoms with van der Waals surface area (Å²) >= 11 is 0. The van der Waals surface area contributed by atoms with Crippen molar-refractivity contribution in [1.82, 2.24) is 19.4 Å². The van der Waals surface area contributed by atoms with Crippen LogP contribution in [-0.4, -0.2) is 54.4 Å². The van der Waals surface area contributed by atoms with Crippen LogP contribution in [0.5, 0.6) is 0 Å². The van der Waals surface area contributed by atoms with Gasteiger partial charge in [0.2, 0.25) is 10.0 Å². The summed E-state index contributed by atoms with van der Waals surface area (Å²) in [6.07, 6.45) is 5.25. The molecule has 1 saturated heterocycles. The van der Waals surface area contributed by atoms with Crippen molar-refractivity contribution in [1.29, 1.82) is 0 Å². The Hall–Kier alpha value is -2.26. The molecule has 1 aromatic carbocycles. The molecular weight excluding hydrogens is 359 g/mol. The molecule has 1 amide bonds. The second-order valence-electron chi connectivity index (χ2n) is 6.39. The zero-order chi connectivity index (χ0) is 18.7. The second-order valence-corrected chi connectivity index (χ2v) is 8.23. The first-order valence-corrected chi connectivity index (χ1v) is 10.3. The molecule has 1 N–H and O–H groups in total. The highest BCUT2D eigenvalue weighted by Gasteiger charge is 2.29. The zero-order valence-electron chi connectivity index (χ0n) is 14.4. The van der Waals surface area contributed by atoms with Crippen molar-refractivity contribution in [2.75, 3.05) is 19.3 Å². The number of nitrogens with one attached hydrogen (secondary N) is 1. The van der Waals surface area contributed by atoms with E-state index in [2.05, 4.69) is 9.82 Å². The molecule has 9 heteroatoms. The fraction of sp³-hybridized carbons (Fsp3) is 0.412. The molecule has 1 atom stereocenters. The lowest BCUT2D eigenvalue weighted by Crippen LogP contribution is -2.49. The van der Waals surface area contributed by atoms with E-state index in [-0.39, 0.29) is 30.0 Å². The van der Waals surface area contributed by atoms with Crippen LogP contribution in [0.15, 0.2) is 36.5 Å². The molecule has 0 radical (unpaired) electrons. The van der Waals surface area contributed by atoms with Gasteiger partial charge in [-0.25, -0.2) is 22.2 Å². The van der Waals surface area contributed by atoms with Crippen molar-refractivity contribution in [3.63, 3.8) is 0 Å². The molecule has 0 bridgehead atoms. The number of benzene rings is 1. The summed E-state index contributed by atoms with van der Waals surface area (Å²) in [7, 11) is -3.32. The third-order valence-electron chi connectivity index (χ3n) is 4.35. The largest absolute Gasteiger partial charge is 0.333 e. The summed E-state index contributed by atoms with van der Waals surface area (Å²) in [6.45, 7) is 0.747. The number of nitrogens with zero attached hydrogens (tertiary/aromatic N) is 3. The van der Waals surface area contributed by atoms with Crippen molar-refractivity contribution < 1.29 is 17.6 Å². The minimum Gasteiger partial charge on any atom is -0.333 e. The topological polar surface area (TPSA) is 84.3 Å². The van der Waals surface area contributed by atoms with Crippen LogP contribution in [0.1, 0.15) is 29.8 Å². The Morgan fingerprint density at radius 1 is 1.35 bits per heavy atom. The third kappa shape index (κ3) is 4.47. The van der Waals surface area contributed by atoms with Crippen molar-refractivity contribution in [2.24, 2.45) is 0 Å². The quantitative estimate of drug-likeness (QED) is 0.853. The Morgan fingerprint density at radius 2 is 2.15 bits per heavy atom. The summed E-state index contributed by atoms with van der Waals surface area (Å²) in [5, 5.41) is 4.26. The fourth-order valence-corrected chi connectivity index (χ4v) is 3.57. The van der Waals surface area contributed by atoms with Gasteiger partial charge >= 0.3 is 0 Å². The Morgan fingerprint density at radius 3 is 2.88 bits per heavy atom. The van der Waals surface area contributed by atoms with E-state index in [0.29, 0.717) is 12.2 Å². The summed E-state index contributed by atoms with van der Waals surface area (Å²) < 4.78 is 40.0. The van der Waals surface area contributed by atoms with Crippen LogP contribution in [0.25, 0.3) is 5.69 Å². The number of sulfonamides is 1. The molecule has 0 aliphatic carbocycles. The van der Waals surface area contributed by atoms with Gasteiger partial charge in [-0.3, -0.25) is 4.79 Å². The molecule has 1 unspecified atom stereocenters. The number of piperidine rings is 1. The van der Waals surface area contributed by atoms with Crippen LogP contribution in [0, 0.1) is 5.82 Å². The lowest BCUT2D eigenvalue weighted by Gasteiger charge is -2.35. The molecule has 7 nitrogen and oxygen atoms in total. The number of rotatable bonds is 5. The van der Waals surface area contributed by atoms with Crippen LogP contribution in [0.2, 0.25) is 0 Å². The van der Waals surface area contributed by atoms with E-state index in [1.54, 1.807) is 29.3 Å². The molecule has 1 aromatic heterocycles. The third-order valence-corrected chi connectivity index (χ3v) is 5.04. The summed E-state index contributed by atoms with van der Waals surface area (Å²) in [6, 6.07) is 7.33. The van der Waals surface area contributed by atoms with Gasteiger partial charge in [-0.2, -0.15) is 5.10 Å². The van der Waals surface area contributed by atoms with Crippen LogP contribution < -0.4 is 4.72 Å². The highest BCUT2D eigenvalue weighted by molar-refractivity contribution is 7.88. The highest BCUT2D eigenvalue weighted by atomic mass is 32.2. The van der Waals surface area contributed by atoms with E-state index >= 15 is 0 Å². The first-order chi connectivity index (χ1) is 12.3. The zero-order valence-corrected chi connectivity index (χ0v) is 15.2. The van der Waals surface area contributed by atoms with E-state index in [1.165, 1.54) is 16.8 Å². The molecule has 3 rings (SSSR count). The van der Waals surface area contributed by atoms with E-state index < -0.39 is 10.0 Å². The number of hydrogen-bond acceptors (Lipinski definition) is 4. The number of halogens is 1. The molecular formula is C17H21FN4O3S. The number of hydrogen-bond donors (Lipinski definition) is 1. The van der Waals surface area contributed by atoms with Gasteiger partial charge in [0.05, 0.1) is 11.9 Å². The van der Waals surface area contributed by atoms with Gasteiger partial charge in [-0.15, -0.1) is 0 Å². The fourth-order valence-electron chi connectivity index (χ4n) is 3.08. The monoisotopic (exact) mass is 380 g/mol. The van der Waals surface area contributed by atoms with Gasteiger partial charge in [0.25, 0.3) is 5.91 Å². The van der Waals surface area contributed by atoms with Gasteiger partial charge in [0.1, 0.15) is 5.82 Å². The summed E-state index contributed by atoms with van der Waals surface area (Å²) in [5.41, 5.74) is 0.776. The van der Waals surface area contributed by atoms with E-state index in [1.807, 2.05) is 0 Å². The van der Waals surface area contributed by atoms with E-state index in [0.717, 1.165) is 25.5 Å². The van der Waals surface area contributed by atoms with E-state index in [4.69, 9.17) is 0 Å². The highest BCUT2D eigenvalue weighted by Crippen LogP contribution is 2.19. The van der Waals surface area contributed by atoms with Gasteiger partial charge in [-0.05, 0) is 43.5 Å². The summed E-state index contributed by atoms with van der Waals surface area (Å²) in [4.78, 5) is 14.5. The number of likely N-dealkylation sites (tertiary alicyclic amines) is 1. The Balaban J connectivity index is 1.77. The standard InChI is InChI=1S/C17H21FN4O3S/c1-26(24,25)19-12-15-6-2-3-9-21(15)17(23)16-8-10-22(20-16)14-7-4-5-13(18)11-14/h4-5,7-8,10-11,15,19H,2-3,6,9,12H2,1H3. The maximum Gasteiger partial charge on any atom is 0.274 e. The Kier molecular flexibility index (Phi) is 5.38. The van der Waals surface area contributed by atoms with Gasteiger partial charge in [0.15, 0.2) is 5.69 Å². The number of amides is 1. The Bertz CT molecular complexity index is 897. The maximum absolute atomic E-state index is 13.4. The first-order valence-electron chi connectivity index (χ1n) is 8.41. The van der Waals surface area contributed by atoms with Crippen LogP contribution in [0.4, 0.5) is 4.39 Å². The SMILES string of the molecule is CS(=O)(=O)NCC1CCCCN1C(=O)c1ccn(-c2cccc(F)c2)n1. The molecule has 1 aliphatic heterocycles. The molecule has 26 heavy (non-hydrogen) atoms. The van der Waals surface area contributed by atoms with Crippen molar-refractivity contribution >= 4 is 15.9 Å². The summed E-state index contributed by atoms with van der Waals surface area (Å²) in [5.74, 6) is -0.631. The first kappa shape index (κ1) is 18.5.